The van der Waals surface area contributed by atoms with Gasteiger partial charge in [0.15, 0.2) is 0 Å². The van der Waals surface area contributed by atoms with Crippen molar-refractivity contribution < 1.29 is 8.42 Å². The first kappa shape index (κ1) is 14.5. The van der Waals surface area contributed by atoms with E-state index in [2.05, 4.69) is 15.0 Å². The molecular weight excluding hydrogens is 274 g/mol. The van der Waals surface area contributed by atoms with E-state index in [0.29, 0.717) is 0 Å². The van der Waals surface area contributed by atoms with Crippen LogP contribution < -0.4 is 10.0 Å². The minimum absolute atomic E-state index is 0.262. The zero-order valence-corrected chi connectivity index (χ0v) is 12.0. The molecule has 5 nitrogen and oxygen atoms in total. The van der Waals surface area contributed by atoms with Crippen LogP contribution in [0.3, 0.4) is 0 Å². The van der Waals surface area contributed by atoms with Crippen molar-refractivity contribution in [1.29, 1.82) is 0 Å². The number of nitrogens with zero attached hydrogens (tertiary/aromatic N) is 1. The summed E-state index contributed by atoms with van der Waals surface area (Å²) in [7, 11) is -1.97. The Labute approximate surface area is 119 Å². The van der Waals surface area contributed by atoms with Crippen LogP contribution in [0, 0.1) is 0 Å². The smallest absolute Gasteiger partial charge is 0.240 e. The van der Waals surface area contributed by atoms with Gasteiger partial charge >= 0.3 is 0 Å². The van der Waals surface area contributed by atoms with Crippen molar-refractivity contribution in [1.82, 2.24) is 9.71 Å². The molecule has 2 N–H and O–H groups in total. The standard InChI is InChI=1S/C14H17N3O2S/c1-15-20(18,19)14-6-4-13(5-7-14)17-10-8-12-3-2-9-16-11-12/h2-7,9,11,15,17H,8,10H2,1H3. The third-order valence-electron chi connectivity index (χ3n) is 2.90. The zero-order valence-electron chi connectivity index (χ0n) is 11.2. The van der Waals surface area contributed by atoms with Gasteiger partial charge in [0.2, 0.25) is 10.0 Å². The summed E-state index contributed by atoms with van der Waals surface area (Å²) >= 11 is 0. The van der Waals surface area contributed by atoms with Crippen LogP contribution in [0.5, 0.6) is 0 Å². The molecule has 0 amide bonds. The van der Waals surface area contributed by atoms with E-state index in [1.165, 1.54) is 7.05 Å². The summed E-state index contributed by atoms with van der Waals surface area (Å²) in [6.07, 6.45) is 4.45. The predicted octanol–water partition coefficient (Wildman–Crippen LogP) is 1.64. The van der Waals surface area contributed by atoms with Gasteiger partial charge < -0.3 is 5.32 Å². The van der Waals surface area contributed by atoms with Gasteiger partial charge in [-0.05, 0) is 49.4 Å². The van der Waals surface area contributed by atoms with Crippen LogP contribution in [0.2, 0.25) is 0 Å². The molecule has 0 aliphatic rings. The van der Waals surface area contributed by atoms with E-state index in [1.54, 1.807) is 30.5 Å². The summed E-state index contributed by atoms with van der Waals surface area (Å²) in [5.74, 6) is 0. The number of rotatable bonds is 6. The number of benzene rings is 1. The van der Waals surface area contributed by atoms with Gasteiger partial charge in [0.05, 0.1) is 4.90 Å². The molecule has 0 saturated carbocycles. The van der Waals surface area contributed by atoms with Gasteiger partial charge in [0.1, 0.15) is 0 Å². The fourth-order valence-corrected chi connectivity index (χ4v) is 2.50. The monoisotopic (exact) mass is 291 g/mol. The van der Waals surface area contributed by atoms with Gasteiger partial charge in [-0.2, -0.15) is 0 Å². The number of anilines is 1. The Kier molecular flexibility index (Phi) is 4.70. The molecule has 1 aromatic carbocycles. The topological polar surface area (TPSA) is 71.1 Å². The van der Waals surface area contributed by atoms with E-state index < -0.39 is 10.0 Å². The maximum absolute atomic E-state index is 11.6. The molecule has 0 fully saturated rings. The van der Waals surface area contributed by atoms with Crippen molar-refractivity contribution in [3.63, 3.8) is 0 Å². The number of nitrogens with one attached hydrogen (secondary N) is 2. The molecule has 2 aromatic rings. The average molecular weight is 291 g/mol. The van der Waals surface area contributed by atoms with Crippen molar-refractivity contribution in [2.45, 2.75) is 11.3 Å². The van der Waals surface area contributed by atoms with Crippen LogP contribution in [0.15, 0.2) is 53.7 Å². The van der Waals surface area contributed by atoms with Crippen LogP contribution in [0.1, 0.15) is 5.56 Å². The molecule has 0 aliphatic carbocycles. The van der Waals surface area contributed by atoms with Crippen LogP contribution in [-0.4, -0.2) is 27.0 Å². The molecule has 0 atom stereocenters. The van der Waals surface area contributed by atoms with Crippen LogP contribution >= 0.6 is 0 Å². The fraction of sp³-hybridized carbons (Fsp3) is 0.214. The Hall–Kier alpha value is -1.92. The summed E-state index contributed by atoms with van der Waals surface area (Å²) in [4.78, 5) is 4.32. The largest absolute Gasteiger partial charge is 0.385 e. The van der Waals surface area contributed by atoms with Crippen LogP contribution in [0.4, 0.5) is 5.69 Å². The first-order chi connectivity index (χ1) is 9.62. The minimum atomic E-state index is -3.36. The van der Waals surface area contributed by atoms with Gasteiger partial charge in [-0.1, -0.05) is 6.07 Å². The van der Waals surface area contributed by atoms with E-state index in [1.807, 2.05) is 18.3 Å². The molecule has 6 heteroatoms. The molecular formula is C14H17N3O2S. The summed E-state index contributed by atoms with van der Waals surface area (Å²) in [5.41, 5.74) is 2.05. The first-order valence-electron chi connectivity index (χ1n) is 6.28. The highest BCUT2D eigenvalue weighted by Gasteiger charge is 2.09. The third-order valence-corrected chi connectivity index (χ3v) is 4.33. The lowest BCUT2D eigenvalue weighted by atomic mass is 10.2. The molecule has 0 bridgehead atoms. The van der Waals surface area contributed by atoms with Gasteiger partial charge in [-0.25, -0.2) is 13.1 Å². The first-order valence-corrected chi connectivity index (χ1v) is 7.76. The van der Waals surface area contributed by atoms with Gasteiger partial charge in [0.25, 0.3) is 0 Å². The lowest BCUT2D eigenvalue weighted by Gasteiger charge is -2.07. The normalized spacial score (nSPS) is 11.2. The Morgan fingerprint density at radius 3 is 2.50 bits per heavy atom. The summed E-state index contributed by atoms with van der Waals surface area (Å²) < 4.78 is 25.4. The predicted molar refractivity (Wildman–Crippen MR) is 79.1 cm³/mol. The van der Waals surface area contributed by atoms with Crippen molar-refractivity contribution in [3.8, 4) is 0 Å². The number of sulfonamides is 1. The fourth-order valence-electron chi connectivity index (χ4n) is 1.77. The highest BCUT2D eigenvalue weighted by atomic mass is 32.2. The van der Waals surface area contributed by atoms with Crippen LogP contribution in [0.25, 0.3) is 0 Å². The lowest BCUT2D eigenvalue weighted by Crippen LogP contribution is -2.18. The minimum Gasteiger partial charge on any atom is -0.385 e. The third kappa shape index (κ3) is 3.79. The molecule has 20 heavy (non-hydrogen) atoms. The second kappa shape index (κ2) is 6.49. The van der Waals surface area contributed by atoms with Gasteiger partial charge in [-0.3, -0.25) is 4.98 Å². The zero-order chi connectivity index (χ0) is 14.4. The molecule has 0 saturated heterocycles. The lowest BCUT2D eigenvalue weighted by molar-refractivity contribution is 0.588. The summed E-state index contributed by atoms with van der Waals surface area (Å²) in [6, 6.07) is 10.6. The van der Waals surface area contributed by atoms with E-state index in [-0.39, 0.29) is 4.90 Å². The maximum atomic E-state index is 11.6. The number of pyridine rings is 1. The van der Waals surface area contributed by atoms with E-state index in [4.69, 9.17) is 0 Å². The Balaban J connectivity index is 1.92. The number of hydrogen-bond acceptors (Lipinski definition) is 4. The van der Waals surface area contributed by atoms with Crippen molar-refractivity contribution in [2.24, 2.45) is 0 Å². The molecule has 106 valence electrons. The number of hydrogen-bond donors (Lipinski definition) is 2. The van der Waals surface area contributed by atoms with Crippen molar-refractivity contribution in [3.05, 3.63) is 54.4 Å². The van der Waals surface area contributed by atoms with Gasteiger partial charge in [-0.15, -0.1) is 0 Å². The second-order valence-electron chi connectivity index (χ2n) is 4.27. The Morgan fingerprint density at radius 1 is 1.15 bits per heavy atom. The van der Waals surface area contributed by atoms with Crippen molar-refractivity contribution >= 4 is 15.7 Å². The molecule has 0 radical (unpaired) electrons. The maximum Gasteiger partial charge on any atom is 0.240 e. The van der Waals surface area contributed by atoms with E-state index in [0.717, 1.165) is 24.2 Å². The van der Waals surface area contributed by atoms with Crippen molar-refractivity contribution in [2.75, 3.05) is 18.9 Å². The SMILES string of the molecule is CNS(=O)(=O)c1ccc(NCCc2cccnc2)cc1. The summed E-state index contributed by atoms with van der Waals surface area (Å²) in [6.45, 7) is 0.768. The molecule has 1 aromatic heterocycles. The molecule has 0 unspecified atom stereocenters. The average Bonchev–Trinajstić information content (AvgIpc) is 2.49. The van der Waals surface area contributed by atoms with E-state index >= 15 is 0 Å². The Bertz CT molecular complexity index is 640. The molecule has 2 rings (SSSR count). The Morgan fingerprint density at radius 2 is 1.90 bits per heavy atom. The number of aromatic nitrogens is 1. The highest BCUT2D eigenvalue weighted by molar-refractivity contribution is 7.89. The summed E-state index contributed by atoms with van der Waals surface area (Å²) in [5, 5.41) is 3.25. The quantitative estimate of drug-likeness (QED) is 0.849. The van der Waals surface area contributed by atoms with E-state index in [9.17, 15) is 8.42 Å². The second-order valence-corrected chi connectivity index (χ2v) is 6.16. The molecule has 1 heterocycles. The molecule has 0 spiro atoms. The highest BCUT2D eigenvalue weighted by Crippen LogP contribution is 2.13. The van der Waals surface area contributed by atoms with Gasteiger partial charge in [0, 0.05) is 24.6 Å². The molecule has 0 aliphatic heterocycles. The van der Waals surface area contributed by atoms with Crippen LogP contribution in [-0.2, 0) is 16.4 Å².